The Bertz CT molecular complexity index is 373. The fourth-order valence-corrected chi connectivity index (χ4v) is 2.40. The second-order valence-corrected chi connectivity index (χ2v) is 4.60. The molecule has 1 fully saturated rings. The molecule has 0 bridgehead atoms. The molecule has 2 atom stereocenters. The first-order valence-corrected chi connectivity index (χ1v) is 6.09. The number of aliphatic hydroxyl groups is 1. The SMILES string of the molecule is C/C=C(/C)C(=O)OCC1=CC[C@@H]2CC[C@@H](O)N12. The van der Waals surface area contributed by atoms with E-state index in [0.29, 0.717) is 11.6 Å². The first kappa shape index (κ1) is 12.2. The van der Waals surface area contributed by atoms with Crippen molar-refractivity contribution in [2.24, 2.45) is 0 Å². The van der Waals surface area contributed by atoms with E-state index >= 15 is 0 Å². The van der Waals surface area contributed by atoms with Crippen molar-refractivity contribution in [3.8, 4) is 0 Å². The highest BCUT2D eigenvalue weighted by Gasteiger charge is 2.36. The summed E-state index contributed by atoms with van der Waals surface area (Å²) >= 11 is 0. The van der Waals surface area contributed by atoms with Crippen LogP contribution in [0.25, 0.3) is 0 Å². The summed E-state index contributed by atoms with van der Waals surface area (Å²) in [6.07, 6.45) is 6.17. The normalized spacial score (nSPS) is 28.1. The molecule has 0 saturated carbocycles. The highest BCUT2D eigenvalue weighted by molar-refractivity contribution is 5.87. The smallest absolute Gasteiger partial charge is 0.333 e. The molecule has 1 N–H and O–H groups in total. The highest BCUT2D eigenvalue weighted by atomic mass is 16.5. The molecule has 4 heteroatoms. The highest BCUT2D eigenvalue weighted by Crippen LogP contribution is 2.34. The van der Waals surface area contributed by atoms with Crippen LogP contribution in [-0.2, 0) is 9.53 Å². The molecule has 0 amide bonds. The van der Waals surface area contributed by atoms with Crippen LogP contribution in [0.5, 0.6) is 0 Å². The van der Waals surface area contributed by atoms with Gasteiger partial charge in [-0.2, -0.15) is 0 Å². The molecule has 0 aromatic rings. The van der Waals surface area contributed by atoms with Crippen LogP contribution in [0, 0.1) is 0 Å². The summed E-state index contributed by atoms with van der Waals surface area (Å²) in [6.45, 7) is 3.81. The first-order valence-electron chi connectivity index (χ1n) is 6.09. The van der Waals surface area contributed by atoms with Gasteiger partial charge in [0.25, 0.3) is 0 Å². The number of aliphatic hydroxyl groups excluding tert-OH is 1. The summed E-state index contributed by atoms with van der Waals surface area (Å²) in [6, 6.07) is 0.404. The van der Waals surface area contributed by atoms with Gasteiger partial charge in [0.15, 0.2) is 0 Å². The molecule has 2 aliphatic rings. The summed E-state index contributed by atoms with van der Waals surface area (Å²) in [5.41, 5.74) is 1.55. The third kappa shape index (κ3) is 2.36. The molecule has 1 saturated heterocycles. The Morgan fingerprint density at radius 3 is 3.12 bits per heavy atom. The lowest BCUT2D eigenvalue weighted by molar-refractivity contribution is -0.138. The number of carbonyl (C=O) groups is 1. The average Bonchev–Trinajstić information content (AvgIpc) is 2.89. The molecule has 4 nitrogen and oxygen atoms in total. The van der Waals surface area contributed by atoms with Crippen molar-refractivity contribution in [3.63, 3.8) is 0 Å². The summed E-state index contributed by atoms with van der Waals surface area (Å²) < 4.78 is 5.21. The number of fused-ring (bicyclic) bond motifs is 1. The number of allylic oxidation sites excluding steroid dienone is 1. The molecule has 0 radical (unpaired) electrons. The van der Waals surface area contributed by atoms with Crippen molar-refractivity contribution >= 4 is 5.97 Å². The number of hydrogen-bond acceptors (Lipinski definition) is 4. The Hall–Kier alpha value is -1.29. The van der Waals surface area contributed by atoms with Crippen molar-refractivity contribution in [1.82, 2.24) is 4.90 Å². The Morgan fingerprint density at radius 1 is 1.65 bits per heavy atom. The fraction of sp³-hybridized carbons (Fsp3) is 0.615. The Morgan fingerprint density at radius 2 is 2.41 bits per heavy atom. The molecule has 17 heavy (non-hydrogen) atoms. The van der Waals surface area contributed by atoms with E-state index in [2.05, 4.69) is 6.08 Å². The number of esters is 1. The molecule has 2 aliphatic heterocycles. The van der Waals surface area contributed by atoms with Gasteiger partial charge in [-0.05, 0) is 33.1 Å². The first-order chi connectivity index (χ1) is 8.13. The summed E-state index contributed by atoms with van der Waals surface area (Å²) in [4.78, 5) is 13.5. The number of rotatable bonds is 3. The lowest BCUT2D eigenvalue weighted by Gasteiger charge is -2.26. The molecule has 0 spiro atoms. The van der Waals surface area contributed by atoms with Crippen molar-refractivity contribution in [1.29, 1.82) is 0 Å². The van der Waals surface area contributed by atoms with Gasteiger partial charge in [0.1, 0.15) is 12.8 Å². The maximum Gasteiger partial charge on any atom is 0.333 e. The van der Waals surface area contributed by atoms with Gasteiger partial charge in [-0.1, -0.05) is 12.2 Å². The van der Waals surface area contributed by atoms with Crippen molar-refractivity contribution in [3.05, 3.63) is 23.4 Å². The Kier molecular flexibility index (Phi) is 3.52. The van der Waals surface area contributed by atoms with Crippen molar-refractivity contribution < 1.29 is 14.6 Å². The van der Waals surface area contributed by atoms with Crippen LogP contribution in [0.4, 0.5) is 0 Å². The zero-order valence-corrected chi connectivity index (χ0v) is 10.3. The average molecular weight is 237 g/mol. The van der Waals surface area contributed by atoms with Crippen molar-refractivity contribution in [2.75, 3.05) is 6.61 Å². The molecular formula is C13H19NO3. The molecule has 94 valence electrons. The van der Waals surface area contributed by atoms with Gasteiger partial charge in [-0.15, -0.1) is 0 Å². The van der Waals surface area contributed by atoms with Crippen LogP contribution in [0.15, 0.2) is 23.4 Å². The summed E-state index contributed by atoms with van der Waals surface area (Å²) in [5.74, 6) is -0.287. The van der Waals surface area contributed by atoms with Crippen LogP contribution in [0.2, 0.25) is 0 Å². The van der Waals surface area contributed by atoms with E-state index < -0.39 is 6.23 Å². The molecular weight excluding hydrogens is 218 g/mol. The monoisotopic (exact) mass is 237 g/mol. The summed E-state index contributed by atoms with van der Waals surface area (Å²) in [5, 5.41) is 9.82. The Labute approximate surface area is 102 Å². The topological polar surface area (TPSA) is 49.8 Å². The molecule has 2 heterocycles. The second-order valence-electron chi connectivity index (χ2n) is 4.60. The quantitative estimate of drug-likeness (QED) is 0.598. The van der Waals surface area contributed by atoms with E-state index in [1.807, 2.05) is 11.8 Å². The standard InChI is InChI=1S/C13H19NO3/c1-3-9(2)13(16)17-8-11-5-4-10-6-7-12(15)14(10)11/h3,5,10,12,15H,4,6-8H2,1-2H3/b9-3-/t10-,12-/m1/s1. The van der Waals surface area contributed by atoms with Gasteiger partial charge >= 0.3 is 5.97 Å². The van der Waals surface area contributed by atoms with Crippen LogP contribution >= 0.6 is 0 Å². The van der Waals surface area contributed by atoms with E-state index in [1.165, 1.54) is 0 Å². The van der Waals surface area contributed by atoms with Crippen molar-refractivity contribution in [2.45, 2.75) is 45.4 Å². The molecule has 0 aromatic carbocycles. The van der Waals surface area contributed by atoms with Gasteiger partial charge < -0.3 is 14.7 Å². The van der Waals surface area contributed by atoms with Crippen LogP contribution in [0.3, 0.4) is 0 Å². The van der Waals surface area contributed by atoms with E-state index in [0.717, 1.165) is 25.0 Å². The molecule has 0 aromatic heterocycles. The maximum atomic E-state index is 11.5. The number of hydrogen-bond donors (Lipinski definition) is 1. The predicted molar refractivity (Wildman–Crippen MR) is 64.0 cm³/mol. The van der Waals surface area contributed by atoms with Gasteiger partial charge in [-0.25, -0.2) is 4.79 Å². The minimum absolute atomic E-state index is 0.261. The van der Waals surface area contributed by atoms with Crippen LogP contribution in [0.1, 0.15) is 33.1 Å². The minimum Gasteiger partial charge on any atom is -0.456 e. The maximum absolute atomic E-state index is 11.5. The van der Waals surface area contributed by atoms with E-state index in [4.69, 9.17) is 4.74 Å². The zero-order chi connectivity index (χ0) is 12.4. The molecule has 2 rings (SSSR count). The fourth-order valence-electron chi connectivity index (χ4n) is 2.40. The Balaban J connectivity index is 1.90. The molecule has 0 unspecified atom stereocenters. The molecule has 0 aliphatic carbocycles. The number of carbonyl (C=O) groups excluding carboxylic acids is 1. The van der Waals surface area contributed by atoms with Crippen LogP contribution in [-0.4, -0.2) is 34.9 Å². The second kappa shape index (κ2) is 4.92. The third-order valence-corrected chi connectivity index (χ3v) is 3.54. The zero-order valence-electron chi connectivity index (χ0n) is 10.3. The van der Waals surface area contributed by atoms with E-state index in [9.17, 15) is 9.90 Å². The van der Waals surface area contributed by atoms with Gasteiger partial charge in [-0.3, -0.25) is 0 Å². The van der Waals surface area contributed by atoms with Gasteiger partial charge in [0.05, 0.1) is 0 Å². The number of nitrogens with zero attached hydrogens (tertiary/aromatic N) is 1. The predicted octanol–water partition coefficient (Wildman–Crippen LogP) is 1.57. The largest absolute Gasteiger partial charge is 0.456 e. The lowest BCUT2D eigenvalue weighted by Crippen LogP contribution is -2.33. The summed E-state index contributed by atoms with van der Waals surface area (Å²) in [7, 11) is 0. The lowest BCUT2D eigenvalue weighted by atomic mass is 10.2. The van der Waals surface area contributed by atoms with Crippen LogP contribution < -0.4 is 0 Å². The third-order valence-electron chi connectivity index (χ3n) is 3.54. The van der Waals surface area contributed by atoms with E-state index in [-0.39, 0.29) is 12.6 Å². The van der Waals surface area contributed by atoms with Gasteiger partial charge in [0.2, 0.25) is 0 Å². The number of ether oxygens (including phenoxy) is 1. The minimum atomic E-state index is -0.407. The van der Waals surface area contributed by atoms with E-state index in [1.54, 1.807) is 13.0 Å². The van der Waals surface area contributed by atoms with Gasteiger partial charge in [0, 0.05) is 17.3 Å².